The third kappa shape index (κ3) is 7.07. The first-order valence-electron chi connectivity index (χ1n) is 10.5. The quantitative estimate of drug-likeness (QED) is 0.446. The molecule has 9 nitrogen and oxygen atoms in total. The second-order valence-corrected chi connectivity index (χ2v) is 10.4. The number of nitrogens with zero attached hydrogens (tertiary/aromatic N) is 3. The molecule has 11 heteroatoms. The van der Waals surface area contributed by atoms with E-state index in [1.165, 1.54) is 29.6 Å². The Kier molecular flexibility index (Phi) is 9.29. The number of carbonyl (C=O) groups is 3. The molecule has 0 fully saturated rings. The summed E-state index contributed by atoms with van der Waals surface area (Å²) >= 11 is 2.57. The topological polar surface area (TPSA) is 116 Å². The summed E-state index contributed by atoms with van der Waals surface area (Å²) in [5.41, 5.74) is 0.594. The molecule has 0 unspecified atom stereocenters. The van der Waals surface area contributed by atoms with E-state index in [4.69, 9.17) is 0 Å². The van der Waals surface area contributed by atoms with E-state index >= 15 is 0 Å². The molecule has 3 N–H and O–H groups in total. The highest BCUT2D eigenvalue weighted by atomic mass is 32.1. The van der Waals surface area contributed by atoms with Gasteiger partial charge in [0.25, 0.3) is 11.8 Å². The van der Waals surface area contributed by atoms with E-state index < -0.39 is 5.91 Å². The van der Waals surface area contributed by atoms with E-state index in [0.717, 1.165) is 22.7 Å². The van der Waals surface area contributed by atoms with Crippen LogP contribution in [0.25, 0.3) is 0 Å². The fourth-order valence-corrected chi connectivity index (χ4v) is 4.84. The molecule has 0 aliphatic carbocycles. The van der Waals surface area contributed by atoms with Crippen LogP contribution in [0.5, 0.6) is 0 Å². The lowest BCUT2D eigenvalue weighted by Crippen LogP contribution is -2.28. The molecule has 176 valence electrons. The van der Waals surface area contributed by atoms with Crippen LogP contribution in [0.2, 0.25) is 0 Å². The average molecular weight is 481 g/mol. The first-order valence-corrected chi connectivity index (χ1v) is 12.2. The molecule has 0 bridgehead atoms. The molecule has 0 atom stereocenters. The van der Waals surface area contributed by atoms with Crippen molar-refractivity contribution in [2.75, 3.05) is 37.8 Å². The fraction of sp³-hybridized carbons (Fsp3) is 0.571. The molecular weight excluding hydrogens is 448 g/mol. The summed E-state index contributed by atoms with van der Waals surface area (Å²) in [6.45, 7) is 10.7. The minimum Gasteiger partial charge on any atom is -0.351 e. The number of carbonyl (C=O) groups excluding carboxylic acids is 3. The molecule has 2 rings (SSSR count). The van der Waals surface area contributed by atoms with Crippen molar-refractivity contribution in [2.45, 2.75) is 52.9 Å². The predicted octanol–water partition coefficient (Wildman–Crippen LogP) is 3.74. The van der Waals surface area contributed by atoms with Crippen molar-refractivity contribution < 1.29 is 14.4 Å². The van der Waals surface area contributed by atoms with Gasteiger partial charge in [-0.05, 0) is 38.9 Å². The number of hydrogen-bond acceptors (Lipinski definition) is 8. The van der Waals surface area contributed by atoms with Crippen molar-refractivity contribution in [1.82, 2.24) is 20.2 Å². The second kappa shape index (κ2) is 11.5. The minimum absolute atomic E-state index is 0.0572. The minimum atomic E-state index is -0.413. The van der Waals surface area contributed by atoms with Crippen molar-refractivity contribution in [3.05, 3.63) is 21.1 Å². The van der Waals surface area contributed by atoms with Gasteiger partial charge in [0.05, 0.1) is 0 Å². The Morgan fingerprint density at radius 2 is 1.38 bits per heavy atom. The number of amides is 3. The van der Waals surface area contributed by atoms with Gasteiger partial charge in [-0.1, -0.05) is 27.7 Å². The van der Waals surface area contributed by atoms with Gasteiger partial charge in [-0.2, -0.15) is 0 Å². The van der Waals surface area contributed by atoms with Crippen LogP contribution >= 0.6 is 22.7 Å². The highest BCUT2D eigenvalue weighted by Gasteiger charge is 2.25. The van der Waals surface area contributed by atoms with Crippen molar-refractivity contribution in [3.8, 4) is 0 Å². The Bertz CT molecular complexity index is 965. The van der Waals surface area contributed by atoms with E-state index in [0.29, 0.717) is 22.5 Å². The molecule has 0 saturated heterocycles. The molecule has 32 heavy (non-hydrogen) atoms. The first kappa shape index (κ1) is 25.9. The van der Waals surface area contributed by atoms with E-state index in [2.05, 4.69) is 30.8 Å². The fourth-order valence-electron chi connectivity index (χ4n) is 2.87. The lowest BCUT2D eigenvalue weighted by molar-refractivity contribution is -0.114. The zero-order chi connectivity index (χ0) is 24.0. The second-order valence-electron chi connectivity index (χ2n) is 8.32. The van der Waals surface area contributed by atoms with Crippen LogP contribution in [0.15, 0.2) is 0 Å². The monoisotopic (exact) mass is 480 g/mol. The summed E-state index contributed by atoms with van der Waals surface area (Å²) in [7, 11) is 3.97. The Morgan fingerprint density at radius 3 is 1.84 bits per heavy atom. The van der Waals surface area contributed by atoms with Gasteiger partial charge in [0.1, 0.15) is 11.4 Å². The third-order valence-electron chi connectivity index (χ3n) is 4.36. The predicted molar refractivity (Wildman–Crippen MR) is 130 cm³/mol. The van der Waals surface area contributed by atoms with E-state index in [-0.39, 0.29) is 29.3 Å². The SMILES string of the molecule is CC(=O)Nc1nc(C(=O)Nc2nc(C(=O)NCCCN(C)C)c(C(C)C)s2)c(C(C)C)s1. The largest absolute Gasteiger partial charge is 0.351 e. The van der Waals surface area contributed by atoms with Crippen LogP contribution in [-0.2, 0) is 4.79 Å². The zero-order valence-electron chi connectivity index (χ0n) is 19.7. The van der Waals surface area contributed by atoms with Gasteiger partial charge in [0.2, 0.25) is 5.91 Å². The van der Waals surface area contributed by atoms with Crippen molar-refractivity contribution in [2.24, 2.45) is 0 Å². The van der Waals surface area contributed by atoms with Gasteiger partial charge < -0.3 is 15.5 Å². The molecule has 2 aromatic rings. The number of nitrogens with one attached hydrogen (secondary N) is 3. The van der Waals surface area contributed by atoms with E-state index in [1.54, 1.807) is 0 Å². The van der Waals surface area contributed by atoms with Crippen LogP contribution in [0.1, 0.15) is 83.6 Å². The van der Waals surface area contributed by atoms with Crippen LogP contribution < -0.4 is 16.0 Å². The van der Waals surface area contributed by atoms with Crippen LogP contribution in [-0.4, -0.2) is 59.8 Å². The zero-order valence-corrected chi connectivity index (χ0v) is 21.3. The maximum Gasteiger partial charge on any atom is 0.277 e. The summed E-state index contributed by atoms with van der Waals surface area (Å²) in [6, 6.07) is 0. The smallest absolute Gasteiger partial charge is 0.277 e. The molecule has 2 heterocycles. The number of rotatable bonds is 10. The van der Waals surface area contributed by atoms with Crippen LogP contribution in [0.3, 0.4) is 0 Å². The van der Waals surface area contributed by atoms with Gasteiger partial charge in [-0.25, -0.2) is 9.97 Å². The molecule has 0 aliphatic rings. The summed E-state index contributed by atoms with van der Waals surface area (Å²) in [4.78, 5) is 49.4. The molecule has 0 aromatic carbocycles. The molecule has 0 radical (unpaired) electrons. The Hall–Kier alpha value is -2.37. The average Bonchev–Trinajstić information content (AvgIpc) is 3.29. The summed E-state index contributed by atoms with van der Waals surface area (Å²) in [5.74, 6) is -0.764. The maximum absolute atomic E-state index is 13.0. The molecule has 0 saturated carbocycles. The molecule has 3 amide bonds. The Morgan fingerprint density at radius 1 is 0.875 bits per heavy atom. The molecular formula is C21H32N6O3S2. The Balaban J connectivity index is 2.20. The Labute approximate surface area is 197 Å². The molecule has 0 aliphatic heterocycles. The lowest BCUT2D eigenvalue weighted by atomic mass is 10.1. The maximum atomic E-state index is 13.0. The van der Waals surface area contributed by atoms with E-state index in [1.807, 2.05) is 41.8 Å². The van der Waals surface area contributed by atoms with Crippen LogP contribution in [0.4, 0.5) is 10.3 Å². The summed E-state index contributed by atoms with van der Waals surface area (Å²) in [5, 5.41) is 9.06. The van der Waals surface area contributed by atoms with Crippen molar-refractivity contribution >= 4 is 50.7 Å². The summed E-state index contributed by atoms with van der Waals surface area (Å²) in [6.07, 6.45) is 0.835. The lowest BCUT2D eigenvalue weighted by Gasteiger charge is -2.10. The summed E-state index contributed by atoms with van der Waals surface area (Å²) < 4.78 is 0. The highest BCUT2D eigenvalue weighted by molar-refractivity contribution is 7.16. The highest BCUT2D eigenvalue weighted by Crippen LogP contribution is 2.33. The van der Waals surface area contributed by atoms with Crippen molar-refractivity contribution in [1.29, 1.82) is 0 Å². The van der Waals surface area contributed by atoms with Gasteiger partial charge in [-0.15, -0.1) is 22.7 Å². The normalized spacial score (nSPS) is 11.3. The standard InChI is InChI=1S/C21H32N6O3S2/c1-11(2)16-14(18(29)22-9-8-10-27(6)7)24-21(32-16)26-19(30)15-17(12(3)4)31-20(25-15)23-13(5)28/h11-12H,8-10H2,1-7H3,(H,22,29)(H,23,25,28)(H,24,26,30). The number of anilines is 2. The third-order valence-corrected chi connectivity index (χ3v) is 6.90. The number of thiazole rings is 2. The van der Waals surface area contributed by atoms with Gasteiger partial charge in [-0.3, -0.25) is 19.7 Å². The van der Waals surface area contributed by atoms with Gasteiger partial charge in [0, 0.05) is 23.2 Å². The molecule has 2 aromatic heterocycles. The van der Waals surface area contributed by atoms with Crippen LogP contribution in [0, 0.1) is 0 Å². The molecule has 0 spiro atoms. The van der Waals surface area contributed by atoms with E-state index in [9.17, 15) is 14.4 Å². The van der Waals surface area contributed by atoms with Crippen molar-refractivity contribution in [3.63, 3.8) is 0 Å². The number of aromatic nitrogens is 2. The van der Waals surface area contributed by atoms with Gasteiger partial charge >= 0.3 is 0 Å². The number of hydrogen-bond donors (Lipinski definition) is 3. The van der Waals surface area contributed by atoms with Gasteiger partial charge in [0.15, 0.2) is 10.3 Å². The first-order chi connectivity index (χ1) is 15.0.